The molecule has 1 unspecified atom stereocenters. The maximum Gasteiger partial charge on any atom is 0.326 e. The number of likely N-dealkylation sites (tertiary alicyclic amines) is 1. The summed E-state index contributed by atoms with van der Waals surface area (Å²) in [5.41, 5.74) is 0.747. The Morgan fingerprint density at radius 3 is 2.35 bits per heavy atom. The molecule has 0 bridgehead atoms. The van der Waals surface area contributed by atoms with E-state index in [0.29, 0.717) is 13.1 Å². The lowest BCUT2D eigenvalue weighted by Crippen LogP contribution is -2.48. The summed E-state index contributed by atoms with van der Waals surface area (Å²) in [6.45, 7) is 1.36. The molecule has 1 atom stereocenters. The number of nitrogens with one attached hydrogen (secondary N) is 1. The maximum absolute atomic E-state index is 11.9. The van der Waals surface area contributed by atoms with Crippen molar-refractivity contribution in [1.29, 1.82) is 0 Å². The molecule has 3 N–H and O–H groups in total. The first-order valence-corrected chi connectivity index (χ1v) is 6.62. The molecule has 1 aromatic rings. The Labute approximate surface area is 117 Å². The Morgan fingerprint density at radius 1 is 1.20 bits per heavy atom. The van der Waals surface area contributed by atoms with Gasteiger partial charge < -0.3 is 20.4 Å². The molecule has 2 rings (SSSR count). The molecule has 1 saturated heterocycles. The molecular formula is C14H18N2O4. The Kier molecular flexibility index (Phi) is 4.45. The van der Waals surface area contributed by atoms with E-state index >= 15 is 0 Å². The van der Waals surface area contributed by atoms with E-state index in [1.165, 1.54) is 12.1 Å². The quantitative estimate of drug-likeness (QED) is 0.771. The van der Waals surface area contributed by atoms with E-state index in [-0.39, 0.29) is 18.2 Å². The number of hydrogen-bond donors (Lipinski definition) is 3. The van der Waals surface area contributed by atoms with Gasteiger partial charge in [-0.3, -0.25) is 0 Å². The fourth-order valence-corrected chi connectivity index (χ4v) is 2.23. The van der Waals surface area contributed by atoms with Crippen molar-refractivity contribution in [1.82, 2.24) is 10.2 Å². The summed E-state index contributed by atoms with van der Waals surface area (Å²) in [7, 11) is 0. The average Bonchev–Trinajstić information content (AvgIpc) is 2.94. The molecule has 1 heterocycles. The largest absolute Gasteiger partial charge is 0.508 e. The molecule has 6 nitrogen and oxygen atoms in total. The van der Waals surface area contributed by atoms with Gasteiger partial charge in [0.15, 0.2) is 0 Å². The number of urea groups is 1. The lowest BCUT2D eigenvalue weighted by atomic mass is 10.1. The van der Waals surface area contributed by atoms with Crippen LogP contribution in [0.25, 0.3) is 0 Å². The van der Waals surface area contributed by atoms with Crippen molar-refractivity contribution in [3.05, 3.63) is 29.8 Å². The number of aromatic hydroxyl groups is 1. The van der Waals surface area contributed by atoms with E-state index in [0.717, 1.165) is 18.4 Å². The summed E-state index contributed by atoms with van der Waals surface area (Å²) < 4.78 is 0. The highest BCUT2D eigenvalue weighted by Crippen LogP contribution is 2.12. The van der Waals surface area contributed by atoms with E-state index in [4.69, 9.17) is 0 Å². The Bertz CT molecular complexity index is 480. The second-order valence-electron chi connectivity index (χ2n) is 4.91. The Balaban J connectivity index is 1.98. The third-order valence-electron chi connectivity index (χ3n) is 3.37. The number of carbonyl (C=O) groups is 2. The molecule has 0 aromatic heterocycles. The molecule has 0 radical (unpaired) electrons. The number of amides is 2. The zero-order valence-corrected chi connectivity index (χ0v) is 11.1. The van der Waals surface area contributed by atoms with Crippen LogP contribution in [-0.4, -0.2) is 46.2 Å². The minimum absolute atomic E-state index is 0.127. The molecule has 0 aliphatic carbocycles. The first-order valence-electron chi connectivity index (χ1n) is 6.62. The third kappa shape index (κ3) is 3.63. The molecule has 1 aliphatic rings. The number of rotatable bonds is 4. The van der Waals surface area contributed by atoms with Crippen LogP contribution in [-0.2, 0) is 11.2 Å². The Morgan fingerprint density at radius 2 is 1.80 bits per heavy atom. The number of carboxylic acid groups (broad SMARTS) is 1. The van der Waals surface area contributed by atoms with Gasteiger partial charge in [-0.05, 0) is 30.5 Å². The van der Waals surface area contributed by atoms with Crippen LogP contribution in [0.5, 0.6) is 5.75 Å². The zero-order valence-electron chi connectivity index (χ0n) is 11.1. The number of phenolic OH excluding ortho intramolecular Hbond substituents is 1. The van der Waals surface area contributed by atoms with Gasteiger partial charge in [-0.1, -0.05) is 12.1 Å². The molecule has 0 spiro atoms. The number of phenols is 1. The van der Waals surface area contributed by atoms with Gasteiger partial charge in [0.05, 0.1) is 0 Å². The molecular weight excluding hydrogens is 260 g/mol. The molecule has 20 heavy (non-hydrogen) atoms. The molecule has 108 valence electrons. The van der Waals surface area contributed by atoms with Crippen LogP contribution in [0, 0.1) is 0 Å². The van der Waals surface area contributed by atoms with E-state index in [1.807, 2.05) is 0 Å². The molecule has 1 fully saturated rings. The van der Waals surface area contributed by atoms with Crippen molar-refractivity contribution in [2.45, 2.75) is 25.3 Å². The van der Waals surface area contributed by atoms with Gasteiger partial charge in [0.2, 0.25) is 0 Å². The lowest BCUT2D eigenvalue weighted by molar-refractivity contribution is -0.139. The van der Waals surface area contributed by atoms with Crippen molar-refractivity contribution >= 4 is 12.0 Å². The van der Waals surface area contributed by atoms with Gasteiger partial charge in [-0.25, -0.2) is 9.59 Å². The monoisotopic (exact) mass is 278 g/mol. The number of nitrogens with zero attached hydrogens (tertiary/aromatic N) is 1. The van der Waals surface area contributed by atoms with Crippen molar-refractivity contribution in [2.75, 3.05) is 13.1 Å². The van der Waals surface area contributed by atoms with Gasteiger partial charge >= 0.3 is 12.0 Å². The standard InChI is InChI=1S/C14H18N2O4/c17-11-5-3-10(4-6-11)9-12(13(18)19)15-14(20)16-7-1-2-8-16/h3-6,12,17H,1-2,7-9H2,(H,15,20)(H,18,19). The summed E-state index contributed by atoms with van der Waals surface area (Å²) in [6, 6.07) is 4.99. The topological polar surface area (TPSA) is 89.9 Å². The zero-order chi connectivity index (χ0) is 14.5. The summed E-state index contributed by atoms with van der Waals surface area (Å²) in [5.74, 6) is -0.938. The van der Waals surface area contributed by atoms with Crippen molar-refractivity contribution in [2.24, 2.45) is 0 Å². The second kappa shape index (κ2) is 6.27. The minimum Gasteiger partial charge on any atom is -0.508 e. The highest BCUT2D eigenvalue weighted by Gasteiger charge is 2.24. The summed E-state index contributed by atoms with van der Waals surface area (Å²) in [4.78, 5) is 24.8. The van der Waals surface area contributed by atoms with Gasteiger partial charge in [-0.15, -0.1) is 0 Å². The van der Waals surface area contributed by atoms with Crippen LogP contribution in [0.1, 0.15) is 18.4 Å². The van der Waals surface area contributed by atoms with Crippen LogP contribution in [0.2, 0.25) is 0 Å². The molecule has 2 amide bonds. The van der Waals surface area contributed by atoms with Crippen molar-refractivity contribution in [3.8, 4) is 5.75 Å². The van der Waals surface area contributed by atoms with Crippen LogP contribution < -0.4 is 5.32 Å². The SMILES string of the molecule is O=C(O)C(Cc1ccc(O)cc1)NC(=O)N1CCCC1. The summed E-state index contributed by atoms with van der Waals surface area (Å²) in [6.07, 6.45) is 2.11. The first-order chi connectivity index (χ1) is 9.56. The predicted octanol–water partition coefficient (Wildman–Crippen LogP) is 1.19. The third-order valence-corrected chi connectivity index (χ3v) is 3.37. The Hall–Kier alpha value is -2.24. The second-order valence-corrected chi connectivity index (χ2v) is 4.91. The normalized spacial score (nSPS) is 15.9. The van der Waals surface area contributed by atoms with Gasteiger partial charge in [0.1, 0.15) is 11.8 Å². The number of aliphatic carboxylic acids is 1. The average molecular weight is 278 g/mol. The molecule has 1 aliphatic heterocycles. The van der Waals surface area contributed by atoms with Crippen molar-refractivity contribution < 1.29 is 19.8 Å². The summed E-state index contributed by atoms with van der Waals surface area (Å²) >= 11 is 0. The number of carboxylic acids is 1. The smallest absolute Gasteiger partial charge is 0.326 e. The predicted molar refractivity (Wildman–Crippen MR) is 72.6 cm³/mol. The molecule has 0 saturated carbocycles. The van der Waals surface area contributed by atoms with E-state index in [2.05, 4.69) is 5.32 Å². The molecule has 1 aromatic carbocycles. The first kappa shape index (κ1) is 14.2. The van der Waals surface area contributed by atoms with E-state index in [1.54, 1.807) is 17.0 Å². The summed E-state index contributed by atoms with van der Waals surface area (Å²) in [5, 5.41) is 20.9. The van der Waals surface area contributed by atoms with Crippen LogP contribution in [0.15, 0.2) is 24.3 Å². The van der Waals surface area contributed by atoms with Crippen molar-refractivity contribution in [3.63, 3.8) is 0 Å². The highest BCUT2D eigenvalue weighted by atomic mass is 16.4. The van der Waals surface area contributed by atoms with Gasteiger partial charge in [0, 0.05) is 19.5 Å². The molecule has 6 heteroatoms. The van der Waals surface area contributed by atoms with E-state index < -0.39 is 12.0 Å². The van der Waals surface area contributed by atoms with E-state index in [9.17, 15) is 19.8 Å². The maximum atomic E-state index is 11.9. The number of hydrogen-bond acceptors (Lipinski definition) is 3. The fraction of sp³-hybridized carbons (Fsp3) is 0.429. The van der Waals surface area contributed by atoms with Crippen LogP contribution in [0.4, 0.5) is 4.79 Å². The minimum atomic E-state index is -1.06. The van der Waals surface area contributed by atoms with Gasteiger partial charge in [0.25, 0.3) is 0 Å². The van der Waals surface area contributed by atoms with Gasteiger partial charge in [-0.2, -0.15) is 0 Å². The number of carbonyl (C=O) groups excluding carboxylic acids is 1. The number of benzene rings is 1. The highest BCUT2D eigenvalue weighted by molar-refractivity contribution is 5.83. The van der Waals surface area contributed by atoms with Crippen LogP contribution >= 0.6 is 0 Å². The lowest BCUT2D eigenvalue weighted by Gasteiger charge is -2.20. The van der Waals surface area contributed by atoms with Crippen LogP contribution in [0.3, 0.4) is 0 Å². The fourth-order valence-electron chi connectivity index (χ4n) is 2.23.